The Hall–Kier alpha value is -2.09. The first kappa shape index (κ1) is 12.9. The summed E-state index contributed by atoms with van der Waals surface area (Å²) >= 11 is 0. The molecule has 2 heteroatoms. The highest BCUT2D eigenvalue weighted by atomic mass is 16.5. The van der Waals surface area contributed by atoms with Gasteiger partial charge in [-0.15, -0.1) is 0 Å². The van der Waals surface area contributed by atoms with Crippen molar-refractivity contribution >= 4 is 5.71 Å². The minimum Gasteiger partial charge on any atom is -0.623 e. The molecular weight excluding hydrogens is 246 g/mol. The maximum absolute atomic E-state index is 12.7. The number of hydroxylamine groups is 1. The Labute approximate surface area is 120 Å². The van der Waals surface area contributed by atoms with Crippen LogP contribution in [0.2, 0.25) is 0 Å². The summed E-state index contributed by atoms with van der Waals surface area (Å²) in [6, 6.07) is 20.3. The maximum atomic E-state index is 12.7. The molecule has 0 fully saturated rings. The van der Waals surface area contributed by atoms with Crippen molar-refractivity contribution in [2.75, 3.05) is 0 Å². The number of hydrogen-bond donors (Lipinski definition) is 0. The molecule has 1 heterocycles. The van der Waals surface area contributed by atoms with Gasteiger partial charge in [0.2, 0.25) is 0 Å². The molecule has 2 aromatic carbocycles. The molecule has 102 valence electrons. The van der Waals surface area contributed by atoms with E-state index in [1.165, 1.54) is 10.3 Å². The average molecular weight is 265 g/mol. The lowest BCUT2D eigenvalue weighted by atomic mass is 9.81. The minimum atomic E-state index is -0.410. The molecule has 0 amide bonds. The van der Waals surface area contributed by atoms with Crippen molar-refractivity contribution in [2.24, 2.45) is 0 Å². The van der Waals surface area contributed by atoms with E-state index in [2.05, 4.69) is 12.1 Å². The van der Waals surface area contributed by atoms with Gasteiger partial charge in [0.1, 0.15) is 0 Å². The van der Waals surface area contributed by atoms with Crippen LogP contribution in [-0.4, -0.2) is 16.0 Å². The predicted molar refractivity (Wildman–Crippen MR) is 82.1 cm³/mol. The summed E-state index contributed by atoms with van der Waals surface area (Å²) in [7, 11) is 0. The van der Waals surface area contributed by atoms with Crippen LogP contribution in [0, 0.1) is 5.21 Å². The summed E-state index contributed by atoms with van der Waals surface area (Å²) in [5, 5.41) is 12.7. The lowest BCUT2D eigenvalue weighted by Gasteiger charge is -2.26. The molecule has 1 aliphatic heterocycles. The summed E-state index contributed by atoms with van der Waals surface area (Å²) in [5.74, 6) is 0.233. The topological polar surface area (TPSA) is 26.1 Å². The third-order valence-corrected chi connectivity index (χ3v) is 4.33. The quantitative estimate of drug-likeness (QED) is 0.596. The fraction of sp³-hybridized carbons (Fsp3) is 0.278. The van der Waals surface area contributed by atoms with E-state index in [0.29, 0.717) is 0 Å². The first-order valence-electron chi connectivity index (χ1n) is 7.04. The monoisotopic (exact) mass is 265 g/mol. The molecule has 3 rings (SSSR count). The number of rotatable bonds is 2. The van der Waals surface area contributed by atoms with Gasteiger partial charge in [0.05, 0.1) is 5.92 Å². The number of benzene rings is 2. The van der Waals surface area contributed by atoms with Crippen molar-refractivity contribution in [3.63, 3.8) is 0 Å². The Kier molecular flexibility index (Phi) is 3.09. The van der Waals surface area contributed by atoms with E-state index in [-0.39, 0.29) is 5.92 Å². The van der Waals surface area contributed by atoms with Crippen molar-refractivity contribution < 1.29 is 4.74 Å². The van der Waals surface area contributed by atoms with Crippen molar-refractivity contribution in [3.05, 3.63) is 77.0 Å². The zero-order valence-electron chi connectivity index (χ0n) is 11.9. The molecule has 0 aromatic heterocycles. The summed E-state index contributed by atoms with van der Waals surface area (Å²) in [4.78, 5) is 0. The fourth-order valence-electron chi connectivity index (χ4n) is 3.09. The number of hydrogen-bond acceptors (Lipinski definition) is 1. The summed E-state index contributed by atoms with van der Waals surface area (Å²) < 4.78 is 1.21. The van der Waals surface area contributed by atoms with Gasteiger partial charge in [0, 0.05) is 25.8 Å². The SMILES string of the molecule is CC1(C)C(c2ccccc2)CC(c2ccccc2)=[N+]1[O-]. The van der Waals surface area contributed by atoms with E-state index < -0.39 is 5.54 Å². The van der Waals surface area contributed by atoms with Crippen molar-refractivity contribution in [2.45, 2.75) is 31.7 Å². The maximum Gasteiger partial charge on any atom is 0.195 e. The molecule has 20 heavy (non-hydrogen) atoms. The first-order chi connectivity index (χ1) is 9.60. The Morgan fingerprint density at radius 1 is 0.950 bits per heavy atom. The second kappa shape index (κ2) is 4.78. The highest BCUT2D eigenvalue weighted by molar-refractivity contribution is 5.98. The zero-order chi connectivity index (χ0) is 14.2. The van der Waals surface area contributed by atoms with Crippen molar-refractivity contribution in [1.29, 1.82) is 0 Å². The van der Waals surface area contributed by atoms with Gasteiger partial charge in [-0.3, -0.25) is 0 Å². The molecular formula is C18H19NO. The second-order valence-corrected chi connectivity index (χ2v) is 5.93. The Morgan fingerprint density at radius 3 is 2.10 bits per heavy atom. The molecule has 0 spiro atoms. The molecule has 1 aliphatic rings. The molecule has 2 nitrogen and oxygen atoms in total. The van der Waals surface area contributed by atoms with Crippen LogP contribution in [0.1, 0.15) is 37.3 Å². The van der Waals surface area contributed by atoms with E-state index in [4.69, 9.17) is 0 Å². The van der Waals surface area contributed by atoms with E-state index >= 15 is 0 Å². The summed E-state index contributed by atoms with van der Waals surface area (Å²) in [5.41, 5.74) is 2.76. The predicted octanol–water partition coefficient (Wildman–Crippen LogP) is 3.95. The van der Waals surface area contributed by atoms with Gasteiger partial charge in [0.25, 0.3) is 0 Å². The fourth-order valence-corrected chi connectivity index (χ4v) is 3.09. The van der Waals surface area contributed by atoms with Crippen LogP contribution in [0.25, 0.3) is 0 Å². The lowest BCUT2D eigenvalue weighted by molar-refractivity contribution is -0.534. The Morgan fingerprint density at radius 2 is 1.50 bits per heavy atom. The van der Waals surface area contributed by atoms with Gasteiger partial charge >= 0.3 is 0 Å². The van der Waals surface area contributed by atoms with Gasteiger partial charge in [-0.1, -0.05) is 48.5 Å². The molecule has 1 unspecified atom stereocenters. The minimum absolute atomic E-state index is 0.233. The van der Waals surface area contributed by atoms with Crippen LogP contribution in [0.3, 0.4) is 0 Å². The first-order valence-corrected chi connectivity index (χ1v) is 7.04. The molecule has 0 aliphatic carbocycles. The molecule has 0 bridgehead atoms. The average Bonchev–Trinajstić information content (AvgIpc) is 2.72. The van der Waals surface area contributed by atoms with Crippen molar-refractivity contribution in [3.8, 4) is 0 Å². The van der Waals surface area contributed by atoms with E-state index in [1.54, 1.807) is 0 Å². The Balaban J connectivity index is 2.02. The van der Waals surface area contributed by atoms with Crippen molar-refractivity contribution in [1.82, 2.24) is 0 Å². The van der Waals surface area contributed by atoms with Crippen LogP contribution in [0.15, 0.2) is 60.7 Å². The van der Waals surface area contributed by atoms with Crippen LogP contribution >= 0.6 is 0 Å². The van der Waals surface area contributed by atoms with Gasteiger partial charge in [-0.2, -0.15) is 0 Å². The molecule has 0 radical (unpaired) electrons. The zero-order valence-corrected chi connectivity index (χ0v) is 11.9. The summed E-state index contributed by atoms with van der Waals surface area (Å²) in [6.07, 6.45) is 0.796. The standard InChI is InChI=1S/C18H19NO/c1-18(2)16(14-9-5-3-6-10-14)13-17(19(18)20)15-11-7-4-8-12-15/h3-12,16H,13H2,1-2H3. The van der Waals surface area contributed by atoms with Crippen LogP contribution in [0.4, 0.5) is 0 Å². The van der Waals surface area contributed by atoms with Gasteiger partial charge in [-0.25, -0.2) is 4.74 Å². The van der Waals surface area contributed by atoms with Crippen LogP contribution < -0.4 is 0 Å². The van der Waals surface area contributed by atoms with Gasteiger partial charge < -0.3 is 5.21 Å². The third-order valence-electron chi connectivity index (χ3n) is 4.33. The molecule has 0 N–H and O–H groups in total. The Bertz CT molecular complexity index is 629. The van der Waals surface area contributed by atoms with Gasteiger partial charge in [-0.05, 0) is 17.7 Å². The van der Waals surface area contributed by atoms with Crippen LogP contribution in [0.5, 0.6) is 0 Å². The highest BCUT2D eigenvalue weighted by Gasteiger charge is 2.47. The molecule has 2 aromatic rings. The number of nitrogens with zero attached hydrogens (tertiary/aromatic N) is 1. The normalized spacial score (nSPS) is 21.2. The molecule has 1 atom stereocenters. The van der Waals surface area contributed by atoms with E-state index in [9.17, 15) is 5.21 Å². The molecule has 0 saturated carbocycles. The second-order valence-electron chi connectivity index (χ2n) is 5.93. The molecule has 0 saturated heterocycles. The largest absolute Gasteiger partial charge is 0.623 e. The summed E-state index contributed by atoms with van der Waals surface area (Å²) in [6.45, 7) is 4.07. The van der Waals surface area contributed by atoms with E-state index in [0.717, 1.165) is 17.7 Å². The highest BCUT2D eigenvalue weighted by Crippen LogP contribution is 2.40. The third kappa shape index (κ3) is 2.01. The van der Waals surface area contributed by atoms with Gasteiger partial charge in [0.15, 0.2) is 11.3 Å². The van der Waals surface area contributed by atoms with Crippen LogP contribution in [-0.2, 0) is 0 Å². The smallest absolute Gasteiger partial charge is 0.195 e. The lowest BCUT2D eigenvalue weighted by Crippen LogP contribution is -2.34. The van der Waals surface area contributed by atoms with E-state index in [1.807, 2.05) is 62.4 Å².